The molecule has 0 aliphatic heterocycles. The van der Waals surface area contributed by atoms with Gasteiger partial charge in [0, 0.05) is 18.3 Å². The number of unbranched alkanes of at least 4 members (excludes halogenated alkanes) is 3. The molecule has 1 aromatic heterocycles. The molecule has 1 heterocycles. The van der Waals surface area contributed by atoms with Crippen LogP contribution in [-0.2, 0) is 6.42 Å². The Morgan fingerprint density at radius 2 is 2.19 bits per heavy atom. The number of nitrogen functional groups attached to an aromatic ring is 1. The Morgan fingerprint density at radius 1 is 1.38 bits per heavy atom. The van der Waals surface area contributed by atoms with Crippen molar-refractivity contribution in [2.45, 2.75) is 51.6 Å². The highest BCUT2D eigenvalue weighted by Gasteiger charge is 2.06. The molecule has 1 unspecified atom stereocenters. The topological polar surface area (TPSA) is 72.0 Å². The van der Waals surface area contributed by atoms with Gasteiger partial charge in [-0.25, -0.2) is 9.97 Å². The number of nitrogens with zero attached hydrogens (tertiary/aromatic N) is 2. The minimum atomic E-state index is -0.314. The number of anilines is 1. The molecule has 0 aliphatic rings. The summed E-state index contributed by atoms with van der Waals surface area (Å²) in [5.41, 5.74) is 6.29. The van der Waals surface area contributed by atoms with E-state index in [0.717, 1.165) is 18.5 Å². The number of hydrogen-bond acceptors (Lipinski definition) is 4. The lowest BCUT2D eigenvalue weighted by atomic mass is 10.1. The van der Waals surface area contributed by atoms with E-state index in [1.165, 1.54) is 19.3 Å². The van der Waals surface area contributed by atoms with Crippen LogP contribution in [0.3, 0.4) is 0 Å². The van der Waals surface area contributed by atoms with Crippen LogP contribution < -0.4 is 5.73 Å². The summed E-state index contributed by atoms with van der Waals surface area (Å²) in [6.45, 7) is 2.18. The highest BCUT2D eigenvalue weighted by molar-refractivity contribution is 5.17. The van der Waals surface area contributed by atoms with Crippen molar-refractivity contribution in [1.29, 1.82) is 0 Å². The van der Waals surface area contributed by atoms with Gasteiger partial charge < -0.3 is 10.8 Å². The molecule has 0 fully saturated rings. The lowest BCUT2D eigenvalue weighted by molar-refractivity contribution is 0.160. The fourth-order valence-electron chi connectivity index (χ4n) is 1.68. The zero-order valence-electron chi connectivity index (χ0n) is 9.89. The van der Waals surface area contributed by atoms with Gasteiger partial charge in [-0.1, -0.05) is 32.6 Å². The fraction of sp³-hybridized carbons (Fsp3) is 0.667. The smallest absolute Gasteiger partial charge is 0.220 e. The third-order valence-electron chi connectivity index (χ3n) is 2.57. The monoisotopic (exact) mass is 223 g/mol. The second kappa shape index (κ2) is 7.17. The van der Waals surface area contributed by atoms with E-state index in [2.05, 4.69) is 16.9 Å². The average molecular weight is 223 g/mol. The van der Waals surface area contributed by atoms with Crippen LogP contribution in [0.15, 0.2) is 12.3 Å². The third kappa shape index (κ3) is 5.07. The van der Waals surface area contributed by atoms with Gasteiger partial charge in [0.15, 0.2) is 0 Å². The van der Waals surface area contributed by atoms with Crippen LogP contribution in [0, 0.1) is 0 Å². The maximum Gasteiger partial charge on any atom is 0.220 e. The third-order valence-corrected chi connectivity index (χ3v) is 2.57. The quantitative estimate of drug-likeness (QED) is 0.693. The lowest BCUT2D eigenvalue weighted by Crippen LogP contribution is -2.12. The first-order chi connectivity index (χ1) is 7.72. The maximum atomic E-state index is 9.79. The van der Waals surface area contributed by atoms with Gasteiger partial charge in [-0.3, -0.25) is 0 Å². The summed E-state index contributed by atoms with van der Waals surface area (Å²) in [5.74, 6) is 0.274. The standard InChI is InChI=1S/C12H21N3O/c1-2-3-4-5-6-11(16)9-10-7-8-14-12(13)15-10/h7-8,11,16H,2-6,9H2,1H3,(H2,13,14,15). The number of nitrogens with two attached hydrogens (primary N) is 1. The van der Waals surface area contributed by atoms with E-state index >= 15 is 0 Å². The second-order valence-corrected chi connectivity index (χ2v) is 4.11. The predicted octanol–water partition coefficient (Wildman–Crippen LogP) is 1.93. The first-order valence-corrected chi connectivity index (χ1v) is 5.98. The van der Waals surface area contributed by atoms with Gasteiger partial charge in [0.1, 0.15) is 0 Å². The first kappa shape index (κ1) is 12.9. The summed E-state index contributed by atoms with van der Waals surface area (Å²) in [5, 5.41) is 9.79. The largest absolute Gasteiger partial charge is 0.393 e. The van der Waals surface area contributed by atoms with Gasteiger partial charge in [-0.15, -0.1) is 0 Å². The highest BCUT2D eigenvalue weighted by atomic mass is 16.3. The molecule has 1 atom stereocenters. The Hall–Kier alpha value is -1.16. The SMILES string of the molecule is CCCCCCC(O)Cc1ccnc(N)n1. The minimum absolute atomic E-state index is 0.274. The molecule has 0 amide bonds. The van der Waals surface area contributed by atoms with Gasteiger partial charge in [-0.2, -0.15) is 0 Å². The van der Waals surface area contributed by atoms with E-state index in [1.807, 2.05) is 0 Å². The minimum Gasteiger partial charge on any atom is -0.393 e. The molecule has 0 aromatic carbocycles. The number of aliphatic hydroxyl groups excluding tert-OH is 1. The molecule has 1 aromatic rings. The Bertz CT molecular complexity index is 304. The number of aromatic nitrogens is 2. The van der Waals surface area contributed by atoms with Gasteiger partial charge in [-0.05, 0) is 12.5 Å². The van der Waals surface area contributed by atoms with Crippen LogP contribution >= 0.6 is 0 Å². The van der Waals surface area contributed by atoms with Crippen molar-refractivity contribution < 1.29 is 5.11 Å². The van der Waals surface area contributed by atoms with E-state index in [-0.39, 0.29) is 12.1 Å². The highest BCUT2D eigenvalue weighted by Crippen LogP contribution is 2.09. The van der Waals surface area contributed by atoms with Gasteiger partial charge in [0.2, 0.25) is 5.95 Å². The molecule has 90 valence electrons. The van der Waals surface area contributed by atoms with Crippen LogP contribution in [0.25, 0.3) is 0 Å². The number of rotatable bonds is 7. The van der Waals surface area contributed by atoms with Crippen LogP contribution in [0.5, 0.6) is 0 Å². The Balaban J connectivity index is 2.25. The Kier molecular flexibility index (Phi) is 5.78. The van der Waals surface area contributed by atoms with Gasteiger partial charge >= 0.3 is 0 Å². The van der Waals surface area contributed by atoms with Gasteiger partial charge in [0.05, 0.1) is 6.10 Å². The molecule has 0 saturated heterocycles. The molecule has 0 aliphatic carbocycles. The average Bonchev–Trinajstić information content (AvgIpc) is 2.24. The molecule has 0 saturated carbocycles. The van der Waals surface area contributed by atoms with Crippen molar-refractivity contribution in [2.24, 2.45) is 0 Å². The van der Waals surface area contributed by atoms with Gasteiger partial charge in [0.25, 0.3) is 0 Å². The summed E-state index contributed by atoms with van der Waals surface area (Å²) in [6, 6.07) is 1.80. The zero-order chi connectivity index (χ0) is 11.8. The van der Waals surface area contributed by atoms with Crippen LogP contribution in [0.1, 0.15) is 44.7 Å². The molecule has 3 N–H and O–H groups in total. The van der Waals surface area contributed by atoms with Crippen molar-refractivity contribution >= 4 is 5.95 Å². The molecule has 4 nitrogen and oxygen atoms in total. The number of hydrogen-bond donors (Lipinski definition) is 2. The Labute approximate surface area is 96.9 Å². The first-order valence-electron chi connectivity index (χ1n) is 5.98. The summed E-state index contributed by atoms with van der Waals surface area (Å²) in [6.07, 6.45) is 7.46. The normalized spacial score (nSPS) is 12.6. The van der Waals surface area contributed by atoms with E-state index in [9.17, 15) is 5.11 Å². The zero-order valence-corrected chi connectivity index (χ0v) is 9.89. The second-order valence-electron chi connectivity index (χ2n) is 4.11. The molecule has 0 bridgehead atoms. The number of aliphatic hydroxyl groups is 1. The predicted molar refractivity (Wildman–Crippen MR) is 64.9 cm³/mol. The van der Waals surface area contributed by atoms with Crippen molar-refractivity contribution in [3.05, 3.63) is 18.0 Å². The lowest BCUT2D eigenvalue weighted by Gasteiger charge is -2.09. The van der Waals surface area contributed by atoms with Crippen LogP contribution in [-0.4, -0.2) is 21.2 Å². The van der Waals surface area contributed by atoms with Crippen molar-refractivity contribution in [1.82, 2.24) is 9.97 Å². The molecule has 16 heavy (non-hydrogen) atoms. The van der Waals surface area contributed by atoms with E-state index in [1.54, 1.807) is 12.3 Å². The van der Waals surface area contributed by atoms with Crippen molar-refractivity contribution in [3.63, 3.8) is 0 Å². The van der Waals surface area contributed by atoms with E-state index < -0.39 is 0 Å². The molecule has 0 radical (unpaired) electrons. The fourth-order valence-corrected chi connectivity index (χ4v) is 1.68. The van der Waals surface area contributed by atoms with Crippen LogP contribution in [0.2, 0.25) is 0 Å². The van der Waals surface area contributed by atoms with Crippen molar-refractivity contribution in [2.75, 3.05) is 5.73 Å². The molecule has 4 heteroatoms. The molecule has 0 spiro atoms. The van der Waals surface area contributed by atoms with E-state index in [4.69, 9.17) is 5.73 Å². The summed E-state index contributed by atoms with van der Waals surface area (Å²) in [4.78, 5) is 7.88. The Morgan fingerprint density at radius 3 is 2.88 bits per heavy atom. The summed E-state index contributed by atoms with van der Waals surface area (Å²) >= 11 is 0. The summed E-state index contributed by atoms with van der Waals surface area (Å²) in [7, 11) is 0. The summed E-state index contributed by atoms with van der Waals surface area (Å²) < 4.78 is 0. The maximum absolute atomic E-state index is 9.79. The molecular formula is C12H21N3O. The molecule has 1 rings (SSSR count). The van der Waals surface area contributed by atoms with E-state index in [0.29, 0.717) is 6.42 Å². The molecular weight excluding hydrogens is 202 g/mol. The van der Waals surface area contributed by atoms with Crippen molar-refractivity contribution in [3.8, 4) is 0 Å². The van der Waals surface area contributed by atoms with Crippen LogP contribution in [0.4, 0.5) is 5.95 Å².